The van der Waals surface area contributed by atoms with Crippen LogP contribution in [0.15, 0.2) is 139 Å². The van der Waals surface area contributed by atoms with Crippen molar-refractivity contribution in [1.82, 2.24) is 0 Å². The molecule has 0 fully saturated rings. The van der Waals surface area contributed by atoms with Crippen LogP contribution in [-0.4, -0.2) is 31.5 Å². The van der Waals surface area contributed by atoms with Crippen molar-refractivity contribution in [3.8, 4) is 35.7 Å². The summed E-state index contributed by atoms with van der Waals surface area (Å²) in [4.78, 5) is 0. The maximum Gasteiger partial charge on any atom is 0.152 e. The Hall–Kier alpha value is -5.52. The minimum absolute atomic E-state index is 0.0377. The lowest BCUT2D eigenvalue weighted by Crippen LogP contribution is -2.49. The summed E-state index contributed by atoms with van der Waals surface area (Å²) in [7, 11) is 0. The third kappa shape index (κ3) is 8.62. The first-order valence-electron chi connectivity index (χ1n) is 23.2. The second kappa shape index (κ2) is 19.5. The summed E-state index contributed by atoms with van der Waals surface area (Å²) in [6, 6.07) is 34.5. The molecule has 0 aromatic heterocycles. The fourth-order valence-corrected chi connectivity index (χ4v) is 10.2. The SMILES string of the molecule is C#CC1=C(/C=C\C)c2ccccc2C1(OCC(C)OC(C)(C)CC)c1ccc(OCCCCOc2ccc(C3(C(C)(CC)CC)c4ccccc4C4C#CC3/C=C\C=C/4)cc2)cc1. The zero-order valence-electron chi connectivity index (χ0n) is 38.8. The highest BCUT2D eigenvalue weighted by Gasteiger charge is 2.54. The number of hydrogen-bond acceptors (Lipinski definition) is 4. The van der Waals surface area contributed by atoms with Gasteiger partial charge >= 0.3 is 0 Å². The minimum atomic E-state index is -0.963. The van der Waals surface area contributed by atoms with E-state index in [0.29, 0.717) is 19.8 Å². The molecule has 4 aromatic rings. The number of benzene rings is 4. The van der Waals surface area contributed by atoms with E-state index in [1.807, 2.05) is 25.1 Å². The van der Waals surface area contributed by atoms with Gasteiger partial charge in [0.25, 0.3) is 0 Å². The summed E-state index contributed by atoms with van der Waals surface area (Å²) in [5.41, 5.74) is 7.26. The third-order valence-corrected chi connectivity index (χ3v) is 14.1. The van der Waals surface area contributed by atoms with Gasteiger partial charge in [0.2, 0.25) is 0 Å². The van der Waals surface area contributed by atoms with E-state index >= 15 is 0 Å². The largest absolute Gasteiger partial charge is 0.494 e. The zero-order valence-corrected chi connectivity index (χ0v) is 38.8. The Kier molecular flexibility index (Phi) is 14.1. The topological polar surface area (TPSA) is 36.9 Å². The molecule has 0 spiro atoms. The second-order valence-electron chi connectivity index (χ2n) is 18.1. The monoisotopic (exact) mass is 838 g/mol. The van der Waals surface area contributed by atoms with Gasteiger partial charge in [-0.2, -0.15) is 0 Å². The normalized spacial score (nSPS) is 22.8. The number of rotatable bonds is 19. The van der Waals surface area contributed by atoms with Crippen molar-refractivity contribution < 1.29 is 18.9 Å². The van der Waals surface area contributed by atoms with E-state index in [2.05, 4.69) is 182 Å². The van der Waals surface area contributed by atoms with E-state index in [4.69, 9.17) is 25.4 Å². The van der Waals surface area contributed by atoms with E-state index in [-0.39, 0.29) is 34.4 Å². The first-order valence-corrected chi connectivity index (χ1v) is 23.2. The third-order valence-electron chi connectivity index (χ3n) is 14.1. The molecule has 0 saturated heterocycles. The van der Waals surface area contributed by atoms with Crippen LogP contribution >= 0.6 is 0 Å². The maximum atomic E-state index is 7.02. The van der Waals surface area contributed by atoms with Crippen LogP contribution in [0.25, 0.3) is 5.57 Å². The Morgan fingerprint density at radius 2 is 1.35 bits per heavy atom. The number of hydrogen-bond donors (Lipinski definition) is 0. The lowest BCUT2D eigenvalue weighted by molar-refractivity contribution is -0.115. The molecule has 0 N–H and O–H groups in total. The molecule has 3 aliphatic rings. The van der Waals surface area contributed by atoms with Gasteiger partial charge in [-0.25, -0.2) is 0 Å². The van der Waals surface area contributed by atoms with Gasteiger partial charge in [0, 0.05) is 11.0 Å². The standard InChI is InChI=1S/C59H66O4/c1-10-23-51-52-27-18-20-29-55(52)59(53(51)11-2,62-42-43(6)63-56(7,8)12-3)47-34-38-49(39-35-47)61-41-22-21-40-60-48-36-32-46(33-37-48)58(57(9,13-4)14-5)45-25-16-15-24-44(30-31-45)50-26-17-19-28-54(50)58/h2,10,15-20,23-29,32-39,43-45H,12-14,21-22,40-42H2,1,3-9H3/b23-10-,24-15-,25-16-. The number of terminal acetylenes is 1. The predicted molar refractivity (Wildman–Crippen MR) is 260 cm³/mol. The van der Waals surface area contributed by atoms with Crippen LogP contribution in [0.5, 0.6) is 11.5 Å². The predicted octanol–water partition coefficient (Wildman–Crippen LogP) is 13.7. The van der Waals surface area contributed by atoms with Crippen molar-refractivity contribution in [1.29, 1.82) is 0 Å². The van der Waals surface area contributed by atoms with Crippen LogP contribution in [0.4, 0.5) is 0 Å². The van der Waals surface area contributed by atoms with Gasteiger partial charge in [0.15, 0.2) is 5.60 Å². The molecule has 4 heteroatoms. The highest BCUT2D eigenvalue weighted by atomic mass is 16.6. The van der Waals surface area contributed by atoms with Gasteiger partial charge in [0.05, 0.1) is 48.9 Å². The van der Waals surface area contributed by atoms with Crippen LogP contribution in [0.2, 0.25) is 0 Å². The Morgan fingerprint density at radius 3 is 1.97 bits per heavy atom. The van der Waals surface area contributed by atoms with Gasteiger partial charge in [0.1, 0.15) is 11.5 Å². The molecule has 63 heavy (non-hydrogen) atoms. The summed E-state index contributed by atoms with van der Waals surface area (Å²) in [5.74, 6) is 12.3. The molecule has 0 heterocycles. The van der Waals surface area contributed by atoms with E-state index < -0.39 is 5.60 Å². The van der Waals surface area contributed by atoms with E-state index in [1.165, 1.54) is 16.7 Å². The van der Waals surface area contributed by atoms with Gasteiger partial charge < -0.3 is 18.9 Å². The van der Waals surface area contributed by atoms with Crippen molar-refractivity contribution in [2.24, 2.45) is 11.3 Å². The summed E-state index contributed by atoms with van der Waals surface area (Å²) < 4.78 is 26.1. The van der Waals surface area contributed by atoms with Crippen LogP contribution in [0, 0.1) is 35.5 Å². The van der Waals surface area contributed by atoms with Gasteiger partial charge in [-0.05, 0) is 123 Å². The number of unbranched alkanes of at least 4 members (excludes halogenated alkanes) is 1. The zero-order chi connectivity index (χ0) is 44.7. The van der Waals surface area contributed by atoms with Crippen LogP contribution < -0.4 is 9.47 Å². The fraction of sp³-hybridized carbons (Fsp3) is 0.390. The van der Waals surface area contributed by atoms with Crippen LogP contribution in [-0.2, 0) is 20.5 Å². The average molecular weight is 839 g/mol. The number of fused-ring (bicyclic) bond motifs is 5. The molecule has 0 aliphatic heterocycles. The smallest absolute Gasteiger partial charge is 0.152 e. The minimum Gasteiger partial charge on any atom is -0.494 e. The lowest BCUT2D eigenvalue weighted by atomic mass is 9.50. The molecule has 4 aromatic carbocycles. The molecule has 0 radical (unpaired) electrons. The maximum absolute atomic E-state index is 7.02. The van der Waals surface area contributed by atoms with Crippen molar-refractivity contribution >= 4 is 5.57 Å². The lowest BCUT2D eigenvalue weighted by Gasteiger charge is -2.52. The highest BCUT2D eigenvalue weighted by molar-refractivity contribution is 5.90. The quantitative estimate of drug-likeness (QED) is 0.0696. The Morgan fingerprint density at radius 1 is 0.746 bits per heavy atom. The van der Waals surface area contributed by atoms with Crippen molar-refractivity contribution in [2.75, 3.05) is 19.8 Å². The molecule has 326 valence electrons. The fourth-order valence-electron chi connectivity index (χ4n) is 10.2. The second-order valence-corrected chi connectivity index (χ2v) is 18.1. The Bertz CT molecular complexity index is 2440. The summed E-state index contributed by atoms with van der Waals surface area (Å²) in [6.45, 7) is 19.1. The molecule has 2 bridgehead atoms. The molecule has 5 atom stereocenters. The van der Waals surface area contributed by atoms with E-state index in [9.17, 15) is 0 Å². The van der Waals surface area contributed by atoms with Gasteiger partial charge in [-0.15, -0.1) is 6.42 Å². The van der Waals surface area contributed by atoms with Crippen molar-refractivity contribution in [3.63, 3.8) is 0 Å². The Balaban J connectivity index is 1.02. The van der Waals surface area contributed by atoms with Gasteiger partial charge in [-0.1, -0.05) is 155 Å². The van der Waals surface area contributed by atoms with E-state index in [1.54, 1.807) is 0 Å². The molecule has 3 aliphatic carbocycles. The first-order chi connectivity index (χ1) is 30.5. The first kappa shape index (κ1) is 45.5. The molecular weight excluding hydrogens is 773 g/mol. The highest BCUT2D eigenvalue weighted by Crippen LogP contribution is 2.59. The summed E-state index contributed by atoms with van der Waals surface area (Å²) >= 11 is 0. The average Bonchev–Trinajstić information content (AvgIpc) is 3.51. The molecule has 0 saturated carbocycles. The van der Waals surface area contributed by atoms with E-state index in [0.717, 1.165) is 71.4 Å². The molecule has 4 nitrogen and oxygen atoms in total. The van der Waals surface area contributed by atoms with Crippen LogP contribution in [0.3, 0.4) is 0 Å². The van der Waals surface area contributed by atoms with Crippen LogP contribution in [0.1, 0.15) is 127 Å². The molecule has 5 unspecified atom stereocenters. The molecule has 7 rings (SSSR count). The summed E-state index contributed by atoms with van der Waals surface area (Å²) in [6.07, 6.45) is 24.0. The summed E-state index contributed by atoms with van der Waals surface area (Å²) in [5, 5.41) is 0. The number of ether oxygens (including phenoxy) is 4. The molecular formula is C59H66O4. The van der Waals surface area contributed by atoms with Gasteiger partial charge in [-0.3, -0.25) is 0 Å². The molecule has 0 amide bonds. The van der Waals surface area contributed by atoms with Crippen molar-refractivity contribution in [2.45, 2.75) is 116 Å². The Labute approximate surface area is 378 Å². The number of allylic oxidation sites excluding steroid dienone is 7. The van der Waals surface area contributed by atoms with Crippen molar-refractivity contribution in [3.05, 3.63) is 172 Å².